The van der Waals surface area contributed by atoms with Crippen LogP contribution in [0.3, 0.4) is 0 Å². The van der Waals surface area contributed by atoms with Gasteiger partial charge in [0.25, 0.3) is 11.7 Å². The van der Waals surface area contributed by atoms with Crippen LogP contribution in [0.25, 0.3) is 0 Å². The Bertz CT molecular complexity index is 2560. The molecule has 2 aromatic rings. The number of carbonyl (C=O) groups is 5. The molecule has 5 bridgehead atoms. The van der Waals surface area contributed by atoms with Crippen LogP contribution in [0.2, 0.25) is 0 Å². The number of aliphatic hydroxyl groups is 2. The average molecular weight is 965 g/mol. The number of phenolic OH excluding ortho intramolecular Hbond substituents is 1. The van der Waals surface area contributed by atoms with Gasteiger partial charge in [0, 0.05) is 107 Å². The molecule has 19 heteroatoms. The number of carbonyl (C=O) groups excluding carboxylic acids is 5. The molecule has 9 rings (SSSR count). The van der Waals surface area contributed by atoms with E-state index in [1.807, 2.05) is 4.90 Å². The number of piperidine rings is 1. The number of piperazine rings is 1. The number of likely N-dealkylation sites (tertiary alicyclic amines) is 1. The van der Waals surface area contributed by atoms with Gasteiger partial charge in [0.2, 0.25) is 17.6 Å². The fraction of sp³-hybridized carbons (Fsp3) is 0.529. The van der Waals surface area contributed by atoms with Crippen LogP contribution in [0.1, 0.15) is 111 Å². The summed E-state index contributed by atoms with van der Waals surface area (Å²) in [6, 6.07) is 1.73. The van der Waals surface area contributed by atoms with Crippen LogP contribution in [0.15, 0.2) is 71.0 Å². The number of aliphatic hydroxyl groups excluding tert-OH is 2. The molecule has 6 aliphatic heterocycles. The van der Waals surface area contributed by atoms with Gasteiger partial charge in [0.1, 0.15) is 35.4 Å². The molecule has 2 fully saturated rings. The van der Waals surface area contributed by atoms with Gasteiger partial charge in [-0.2, -0.15) is 0 Å². The number of hydrogen-bond donors (Lipinski definition) is 5. The molecule has 7 heterocycles. The maximum Gasteiger partial charge on any atom is 0.315 e. The maximum atomic E-state index is 14.7. The van der Waals surface area contributed by atoms with E-state index in [9.17, 15) is 39.3 Å². The van der Waals surface area contributed by atoms with Crippen molar-refractivity contribution in [3.8, 4) is 11.5 Å². The first-order valence-electron chi connectivity index (χ1n) is 24.2. The highest BCUT2D eigenvalue weighted by molar-refractivity contribution is 6.34. The van der Waals surface area contributed by atoms with Crippen molar-refractivity contribution < 1.29 is 53.5 Å². The summed E-state index contributed by atoms with van der Waals surface area (Å²) < 4.78 is 18.1. The number of amides is 2. The normalized spacial score (nSPS) is 28.0. The molecule has 5 N–H and O–H groups in total. The van der Waals surface area contributed by atoms with E-state index in [4.69, 9.17) is 19.2 Å². The van der Waals surface area contributed by atoms with Gasteiger partial charge in [-0.15, -0.1) is 0 Å². The van der Waals surface area contributed by atoms with Crippen LogP contribution in [-0.4, -0.2) is 146 Å². The largest absolute Gasteiger partial charge is 0.507 e. The Hall–Kier alpha value is -6.44. The Labute approximate surface area is 407 Å². The van der Waals surface area contributed by atoms with Crippen molar-refractivity contribution in [2.45, 2.75) is 116 Å². The zero-order valence-corrected chi connectivity index (χ0v) is 40.7. The number of aromatic hydroxyl groups is 1. The van der Waals surface area contributed by atoms with Gasteiger partial charge >= 0.3 is 11.8 Å². The summed E-state index contributed by atoms with van der Waals surface area (Å²) >= 11 is 0. The third kappa shape index (κ3) is 10.4. The van der Waals surface area contributed by atoms with Gasteiger partial charge in [0.05, 0.1) is 41.0 Å². The Morgan fingerprint density at radius 2 is 1.69 bits per heavy atom. The molecule has 5 atom stereocenters. The number of ketones is 2. The highest BCUT2D eigenvalue weighted by Crippen LogP contribution is 2.50. The fourth-order valence-electron chi connectivity index (χ4n) is 9.87. The number of hydrogen-bond acceptors (Lipinski definition) is 17. The molecule has 70 heavy (non-hydrogen) atoms. The predicted molar refractivity (Wildman–Crippen MR) is 257 cm³/mol. The van der Waals surface area contributed by atoms with E-state index in [2.05, 4.69) is 39.3 Å². The fourth-order valence-corrected chi connectivity index (χ4v) is 9.87. The number of Topliss-reactive ketones (excluding diaryl/α,β-unsaturated/α-hetero) is 2. The first-order chi connectivity index (χ1) is 33.4. The summed E-state index contributed by atoms with van der Waals surface area (Å²) in [5.41, 5.74) is -0.241. The van der Waals surface area contributed by atoms with Crippen LogP contribution < -0.4 is 20.3 Å². The van der Waals surface area contributed by atoms with Gasteiger partial charge < -0.3 is 54.9 Å². The minimum atomic E-state index is -1.95. The van der Waals surface area contributed by atoms with E-state index in [0.717, 1.165) is 6.54 Å². The molecule has 1 aromatic carbocycles. The number of allylic oxidation sites excluding steroid dienone is 5. The number of anilines is 1. The number of benzene rings is 1. The predicted octanol–water partition coefficient (Wildman–Crippen LogP) is 3.76. The van der Waals surface area contributed by atoms with Crippen LogP contribution in [0, 0.1) is 18.8 Å². The highest BCUT2D eigenvalue weighted by atomic mass is 16.7. The number of nitrogens with one attached hydrogen (secondary N) is 2. The lowest BCUT2D eigenvalue weighted by atomic mass is 9.82. The average Bonchev–Trinajstić information content (AvgIpc) is 3.83. The molecule has 2 amide bonds. The number of fused-ring (bicyclic) bond motifs is 13. The number of aliphatic imine (C=N–C) groups is 1. The van der Waals surface area contributed by atoms with Crippen molar-refractivity contribution in [2.24, 2.45) is 16.8 Å². The third-order valence-electron chi connectivity index (χ3n) is 13.9. The molecule has 7 aliphatic rings. The van der Waals surface area contributed by atoms with Crippen LogP contribution in [-0.2, 0) is 23.9 Å². The van der Waals surface area contributed by atoms with E-state index < -0.39 is 77.2 Å². The quantitative estimate of drug-likeness (QED) is 0.204. The first kappa shape index (κ1) is 50.0. The van der Waals surface area contributed by atoms with Gasteiger partial charge in [-0.25, -0.2) is 9.97 Å². The van der Waals surface area contributed by atoms with Crippen LogP contribution >= 0.6 is 0 Å². The molecule has 0 radical (unpaired) electrons. The van der Waals surface area contributed by atoms with Gasteiger partial charge in [0.15, 0.2) is 0 Å². The molecule has 1 aromatic heterocycles. The molecule has 1 aliphatic carbocycles. The van der Waals surface area contributed by atoms with Gasteiger partial charge in [-0.1, -0.05) is 39.0 Å². The number of esters is 1. The number of aromatic nitrogens is 2. The smallest absolute Gasteiger partial charge is 0.315 e. The molecular weight excluding hydrogens is 901 g/mol. The molecule has 374 valence electrons. The number of rotatable bonds is 6. The lowest BCUT2D eigenvalue weighted by molar-refractivity contribution is -0.155. The summed E-state index contributed by atoms with van der Waals surface area (Å²) in [6.45, 7) is 14.6. The van der Waals surface area contributed by atoms with Gasteiger partial charge in [-0.3, -0.25) is 29.0 Å². The number of phenols is 1. The SMILES string of the molecule is C/C1=C/C=C/[C@H](C)[C@H](O)CC(O)C[C@H](OC(=O)CC(=O)N2CCN(c3ncccn3)CC2)CC/C=C/O[C@@]2(C)Oc3c(C)c(O)c4c(c3C2=O)C2=NC3(CCN(CC(C)C)CC3)NC2=C(NC1=O)C4=O. The molecule has 2 saturated heterocycles. The Morgan fingerprint density at radius 3 is 2.39 bits per heavy atom. The van der Waals surface area contributed by atoms with Crippen LogP contribution in [0.4, 0.5) is 5.95 Å². The van der Waals surface area contributed by atoms with Crippen molar-refractivity contribution in [1.29, 1.82) is 0 Å². The van der Waals surface area contributed by atoms with Crippen molar-refractivity contribution >= 4 is 41.0 Å². The molecule has 19 nitrogen and oxygen atoms in total. The van der Waals surface area contributed by atoms with Crippen molar-refractivity contribution in [2.75, 3.05) is 50.7 Å². The number of ether oxygens (including phenoxy) is 3. The van der Waals surface area contributed by atoms with E-state index >= 15 is 0 Å². The summed E-state index contributed by atoms with van der Waals surface area (Å²) in [7, 11) is 0. The van der Waals surface area contributed by atoms with E-state index in [1.54, 1.807) is 55.4 Å². The minimum absolute atomic E-state index is 0.0156. The zero-order valence-electron chi connectivity index (χ0n) is 40.7. The summed E-state index contributed by atoms with van der Waals surface area (Å²) in [4.78, 5) is 89.6. The second kappa shape index (κ2) is 20.5. The first-order valence-corrected chi connectivity index (χ1v) is 24.2. The topological polar surface area (TPSA) is 246 Å². The molecule has 1 unspecified atom stereocenters. The lowest BCUT2D eigenvalue weighted by Crippen LogP contribution is -2.50. The number of nitrogens with zero attached hydrogens (tertiary/aromatic N) is 6. The Balaban J connectivity index is 1.06. The Kier molecular flexibility index (Phi) is 14.6. The molecule has 0 saturated carbocycles. The summed E-state index contributed by atoms with van der Waals surface area (Å²) in [5, 5.41) is 40.5. The van der Waals surface area contributed by atoms with Crippen molar-refractivity contribution in [1.82, 2.24) is 30.4 Å². The summed E-state index contributed by atoms with van der Waals surface area (Å²) in [5.74, 6) is -4.92. The summed E-state index contributed by atoms with van der Waals surface area (Å²) in [6.07, 6.45) is 8.93. The Morgan fingerprint density at radius 1 is 0.971 bits per heavy atom. The van der Waals surface area contributed by atoms with Crippen molar-refractivity contribution in [3.63, 3.8) is 0 Å². The van der Waals surface area contributed by atoms with Crippen molar-refractivity contribution in [3.05, 3.63) is 88.2 Å². The second-order valence-electron chi connectivity index (χ2n) is 19.7. The highest BCUT2D eigenvalue weighted by Gasteiger charge is 2.54. The second-order valence-corrected chi connectivity index (χ2v) is 19.7. The van der Waals surface area contributed by atoms with E-state index in [-0.39, 0.29) is 76.4 Å². The monoisotopic (exact) mass is 964 g/mol. The minimum Gasteiger partial charge on any atom is -0.507 e. The van der Waals surface area contributed by atoms with Crippen LogP contribution in [0.5, 0.6) is 11.5 Å². The van der Waals surface area contributed by atoms with E-state index in [0.29, 0.717) is 64.0 Å². The maximum absolute atomic E-state index is 14.7. The molecule has 1 spiro atoms. The molecular formula is C51H64N8O11. The van der Waals surface area contributed by atoms with E-state index in [1.165, 1.54) is 26.2 Å². The standard InChI is InChI=1S/C51H64N8O11/c1-29(2)28-57-18-14-51(15-19-57)55-41-38-39-44(64)32(5)46-40(38)47(66)50(6,70-46)68-24-8-7-13-34(69-37(63)27-36(62)58-20-22-59(23-21-58)49-52-16-10-17-53-49)25-33(60)26-35(61)30(3)11-9-12-31(4)48(67)54-43(45(39)65)42(41)56-51/h8-12,16-17,24,29-30,33-35,56,60-61,64H,7,13-15,18-23,25-28H2,1-6H3,(H,54,67)/b11-9+,24-8+,31-12-/t30-,33?,34+,35+,50-/m0/s1. The lowest BCUT2D eigenvalue weighted by Gasteiger charge is -2.38. The zero-order chi connectivity index (χ0) is 50.1. The third-order valence-corrected chi connectivity index (χ3v) is 13.9. The van der Waals surface area contributed by atoms with Gasteiger partial charge in [-0.05, 0) is 51.2 Å².